The number of piperidine rings is 1. The number of rotatable bonds is 8. The highest BCUT2D eigenvalue weighted by Gasteiger charge is 2.72. The normalized spacial score (nSPS) is 27.6. The molecule has 1 aromatic heterocycles. The monoisotopic (exact) mass is 843 g/mol. The van der Waals surface area contributed by atoms with Crippen LogP contribution >= 0.6 is 23.2 Å². The molecule has 4 heterocycles. The van der Waals surface area contributed by atoms with Crippen LogP contribution in [0.15, 0.2) is 59.4 Å². The highest BCUT2D eigenvalue weighted by molar-refractivity contribution is 6.31. The number of halogens is 3. The van der Waals surface area contributed by atoms with Crippen molar-refractivity contribution >= 4 is 63.6 Å². The molecule has 0 bridgehead atoms. The molecule has 4 fully saturated rings. The van der Waals surface area contributed by atoms with Gasteiger partial charge in [0.15, 0.2) is 0 Å². The average Bonchev–Trinajstić information content (AvgIpc) is 3.77. The number of hydrogen-bond donors (Lipinski definition) is 5. The van der Waals surface area contributed by atoms with Gasteiger partial charge in [-0.15, -0.1) is 0 Å². The van der Waals surface area contributed by atoms with E-state index in [2.05, 4.69) is 26.6 Å². The maximum Gasteiger partial charge on any atom is 0.329 e. The third-order valence-corrected chi connectivity index (χ3v) is 14.5. The van der Waals surface area contributed by atoms with Gasteiger partial charge in [0.1, 0.15) is 17.3 Å². The molecule has 2 aliphatic carbocycles. The van der Waals surface area contributed by atoms with Crippen molar-refractivity contribution in [2.75, 3.05) is 11.9 Å². The zero-order valence-electron chi connectivity index (χ0n) is 32.8. The Morgan fingerprint density at radius 1 is 0.915 bits per heavy atom. The first-order valence-electron chi connectivity index (χ1n) is 20.8. The van der Waals surface area contributed by atoms with E-state index in [0.717, 1.165) is 68.1 Å². The van der Waals surface area contributed by atoms with Crippen molar-refractivity contribution in [3.05, 3.63) is 97.6 Å². The van der Waals surface area contributed by atoms with E-state index >= 15 is 4.39 Å². The summed E-state index contributed by atoms with van der Waals surface area (Å²) in [5.41, 5.74) is 1.55. The van der Waals surface area contributed by atoms with E-state index in [-0.39, 0.29) is 52.9 Å². The third-order valence-electron chi connectivity index (χ3n) is 13.9. The van der Waals surface area contributed by atoms with Gasteiger partial charge in [-0.1, -0.05) is 66.7 Å². The van der Waals surface area contributed by atoms with Gasteiger partial charge in [0.05, 0.1) is 22.1 Å². The lowest BCUT2D eigenvalue weighted by atomic mass is 9.55. The number of carbonyl (C=O) groups is 4. The van der Waals surface area contributed by atoms with Crippen LogP contribution in [0.1, 0.15) is 99.3 Å². The molecule has 2 spiro atoms. The fourth-order valence-corrected chi connectivity index (χ4v) is 11.5. The number of imide groups is 1. The summed E-state index contributed by atoms with van der Waals surface area (Å²) < 4.78 is 19.3. The van der Waals surface area contributed by atoms with E-state index < -0.39 is 40.7 Å². The fourth-order valence-electron chi connectivity index (χ4n) is 11.2. The summed E-state index contributed by atoms with van der Waals surface area (Å²) in [5, 5.41) is 16.5. The van der Waals surface area contributed by atoms with Crippen LogP contribution in [0.3, 0.4) is 0 Å². The molecule has 4 amide bonds. The van der Waals surface area contributed by atoms with Gasteiger partial charge in [-0.05, 0) is 104 Å². The van der Waals surface area contributed by atoms with Crippen LogP contribution in [0, 0.1) is 11.7 Å². The molecule has 310 valence electrons. The summed E-state index contributed by atoms with van der Waals surface area (Å²) in [6, 6.07) is 14.3. The van der Waals surface area contributed by atoms with Crippen molar-refractivity contribution in [2.24, 2.45) is 13.0 Å². The molecular formula is C44H48Cl2FN7O5. The zero-order valence-corrected chi connectivity index (χ0v) is 34.4. The van der Waals surface area contributed by atoms with Gasteiger partial charge < -0.3 is 16.0 Å². The Bertz CT molecular complexity index is 2440. The second kappa shape index (κ2) is 15.5. The Labute approximate surface area is 350 Å². The van der Waals surface area contributed by atoms with Crippen LogP contribution < -0.4 is 32.3 Å². The topological polar surface area (TPSA) is 155 Å². The average molecular weight is 845 g/mol. The highest BCUT2D eigenvalue weighted by Crippen LogP contribution is 2.62. The predicted octanol–water partition coefficient (Wildman–Crippen LogP) is 5.88. The molecule has 2 saturated carbocycles. The summed E-state index contributed by atoms with van der Waals surface area (Å²) in [6.45, 7) is 1.37. The van der Waals surface area contributed by atoms with Crippen LogP contribution in [0.25, 0.3) is 11.0 Å². The Morgan fingerprint density at radius 3 is 2.46 bits per heavy atom. The van der Waals surface area contributed by atoms with E-state index in [4.69, 9.17) is 23.2 Å². The molecule has 3 aromatic carbocycles. The van der Waals surface area contributed by atoms with Crippen molar-refractivity contribution in [1.82, 2.24) is 30.4 Å². The van der Waals surface area contributed by atoms with Gasteiger partial charge in [-0.25, -0.2) is 9.18 Å². The lowest BCUT2D eigenvalue weighted by Gasteiger charge is -2.47. The van der Waals surface area contributed by atoms with Crippen LogP contribution in [0.2, 0.25) is 10.0 Å². The first kappa shape index (κ1) is 39.9. The van der Waals surface area contributed by atoms with Gasteiger partial charge in [-0.3, -0.25) is 38.9 Å². The van der Waals surface area contributed by atoms with Crippen LogP contribution in [0.5, 0.6) is 0 Å². The number of amides is 4. The Hall–Kier alpha value is -4.56. The lowest BCUT2D eigenvalue weighted by molar-refractivity contribution is -0.135. The molecule has 4 aromatic rings. The van der Waals surface area contributed by atoms with Gasteiger partial charge in [0.2, 0.25) is 23.6 Å². The summed E-state index contributed by atoms with van der Waals surface area (Å²) in [7, 11) is 1.69. The van der Waals surface area contributed by atoms with Crippen molar-refractivity contribution in [3.63, 3.8) is 0 Å². The number of nitrogens with zero attached hydrogens (tertiary/aromatic N) is 2. The molecular weight excluding hydrogens is 796 g/mol. The number of imidazole rings is 1. The lowest BCUT2D eigenvalue weighted by Crippen LogP contribution is -2.60. The molecule has 4 atom stereocenters. The van der Waals surface area contributed by atoms with Crippen LogP contribution in [0.4, 0.5) is 10.1 Å². The van der Waals surface area contributed by atoms with Crippen LogP contribution in [-0.2, 0) is 38.2 Å². The minimum atomic E-state index is -1.28. The Morgan fingerprint density at radius 2 is 1.69 bits per heavy atom. The molecule has 1 unspecified atom stereocenters. The minimum absolute atomic E-state index is 0.0573. The van der Waals surface area contributed by atoms with Gasteiger partial charge in [-0.2, -0.15) is 0 Å². The largest absolute Gasteiger partial charge is 0.352 e. The Kier molecular flexibility index (Phi) is 10.5. The van der Waals surface area contributed by atoms with E-state index in [0.29, 0.717) is 41.5 Å². The fraction of sp³-hybridized carbons (Fsp3) is 0.477. The number of benzene rings is 3. The molecule has 5 N–H and O–H groups in total. The van der Waals surface area contributed by atoms with Gasteiger partial charge in [0.25, 0.3) is 0 Å². The Balaban J connectivity index is 0.886. The highest BCUT2D eigenvalue weighted by atomic mass is 35.5. The van der Waals surface area contributed by atoms with Gasteiger partial charge in [0, 0.05) is 48.2 Å². The summed E-state index contributed by atoms with van der Waals surface area (Å²) in [4.78, 5) is 66.8. The smallest absolute Gasteiger partial charge is 0.329 e. The quantitative estimate of drug-likeness (QED) is 0.139. The number of anilines is 1. The van der Waals surface area contributed by atoms with E-state index in [9.17, 15) is 24.0 Å². The molecule has 3 aliphatic heterocycles. The number of fused-ring (bicyclic) bond motifs is 4. The van der Waals surface area contributed by atoms with E-state index in [1.807, 2.05) is 24.3 Å². The number of nitrogens with one attached hydrogen (secondary N) is 5. The number of hydrogen-bond acceptors (Lipinski definition) is 7. The van der Waals surface area contributed by atoms with Gasteiger partial charge >= 0.3 is 5.69 Å². The van der Waals surface area contributed by atoms with Crippen molar-refractivity contribution in [1.29, 1.82) is 0 Å². The standard InChI is InChI=1S/C44H48Cl2FN7O5/c1-53-34-20-25(10-15-32(34)54(42(53)59)33-16-17-35(55)51-39(33)56)23-48-22-24-8-12-27(13-9-24)49-40(57)38-36(28-6-5-7-30(46)37(28)47)44(43(52-38)18-3-2-4-19-43)29-14-11-26(45)21-31(29)50-41(44)58/h5-7,10-11,14-15,20-21,24,27,33,36,38,48,52H,2-4,8-9,12-13,16-19,22-23H2,1H3,(H,49,57)(H,50,58)(H,51,55,56)/t24?,27?,33?,36-,38+,44+/m0/s1. The maximum atomic E-state index is 16.3. The summed E-state index contributed by atoms with van der Waals surface area (Å²) >= 11 is 12.8. The first-order valence-corrected chi connectivity index (χ1v) is 21.5. The number of aryl methyl sites for hydroxylation is 1. The maximum absolute atomic E-state index is 16.3. The zero-order chi connectivity index (χ0) is 41.2. The molecule has 12 nitrogen and oxygen atoms in total. The molecule has 2 saturated heterocycles. The number of aromatic nitrogens is 2. The van der Waals surface area contributed by atoms with Crippen molar-refractivity contribution < 1.29 is 23.6 Å². The second-order valence-electron chi connectivity index (χ2n) is 17.2. The summed E-state index contributed by atoms with van der Waals surface area (Å²) in [5.74, 6) is -2.39. The molecule has 9 rings (SSSR count). The number of carbonyl (C=O) groups excluding carboxylic acids is 4. The molecule has 5 aliphatic rings. The summed E-state index contributed by atoms with van der Waals surface area (Å²) in [6.07, 6.45) is 7.89. The molecule has 59 heavy (non-hydrogen) atoms. The van der Waals surface area contributed by atoms with E-state index in [1.54, 1.807) is 35.9 Å². The van der Waals surface area contributed by atoms with Crippen molar-refractivity contribution in [2.45, 2.75) is 112 Å². The second-order valence-corrected chi connectivity index (χ2v) is 18.0. The predicted molar refractivity (Wildman–Crippen MR) is 223 cm³/mol. The molecule has 0 radical (unpaired) electrons. The minimum Gasteiger partial charge on any atom is -0.352 e. The third kappa shape index (κ3) is 6.59. The SMILES string of the molecule is Cn1c(=O)n(C2CCC(=O)NC2=O)c2ccc(CNCC3CCC(NC(=O)[C@@H]4NC5(CCCCC5)[C@@]5(C(=O)Nc6cc(Cl)ccc65)[C@H]4c4cccc(Cl)c4F)CC3)cc21. The van der Waals surface area contributed by atoms with Crippen molar-refractivity contribution in [3.8, 4) is 0 Å². The van der Waals surface area contributed by atoms with E-state index in [1.165, 1.54) is 10.6 Å². The molecule has 15 heteroatoms. The van der Waals surface area contributed by atoms with Crippen LogP contribution in [-0.4, -0.2) is 56.9 Å². The first-order chi connectivity index (χ1) is 28.4.